The van der Waals surface area contributed by atoms with E-state index in [1.807, 2.05) is 0 Å². The molecule has 2 aliphatic carbocycles. The Hall–Kier alpha value is -0.980. The monoisotopic (exact) mass is 414 g/mol. The normalized spacial score (nSPS) is 31.9. The Labute approximate surface area is 183 Å². The smallest absolute Gasteiger partial charge is 0.101 e. The molecule has 30 heavy (non-hydrogen) atoms. The number of nitrogens with two attached hydrogens (primary N) is 1. The molecule has 5 heteroatoms. The molecule has 2 saturated carbocycles. The Balaban J connectivity index is 1.58. The molecular weight excluding hydrogens is 372 g/mol. The molecule has 168 valence electrons. The van der Waals surface area contributed by atoms with Crippen LogP contribution in [0.25, 0.3) is 0 Å². The van der Waals surface area contributed by atoms with Crippen LogP contribution in [0.5, 0.6) is 0 Å². The summed E-state index contributed by atoms with van der Waals surface area (Å²) in [6.45, 7) is 8.85. The first-order valence-electron chi connectivity index (χ1n) is 11.8. The lowest BCUT2D eigenvalue weighted by Crippen LogP contribution is -2.60. The molecule has 3 aliphatic rings. The standard InChI is InChI=1S/C25H42N4O/c1-23(2,26)17-28-18-24(29(20-30-19-28)16-21-10-11-21)12-14-25(15-13-24,27(3)4)22-8-6-5-7-9-22/h5-9,21H,10-20,26H2,1-4H3/t24-,25+. The fourth-order valence-corrected chi connectivity index (χ4v) is 5.86. The van der Waals surface area contributed by atoms with Crippen molar-refractivity contribution in [1.82, 2.24) is 14.7 Å². The van der Waals surface area contributed by atoms with Crippen molar-refractivity contribution in [2.24, 2.45) is 11.7 Å². The zero-order chi connectivity index (χ0) is 21.4. The fourth-order valence-electron chi connectivity index (χ4n) is 5.86. The largest absolute Gasteiger partial charge is 0.351 e. The Morgan fingerprint density at radius 2 is 1.73 bits per heavy atom. The average molecular weight is 415 g/mol. The SMILES string of the molecule is CN(C)[C@]1(c2ccccc2)CC[C@]2(CC1)CN(CC(C)(C)N)COCN2CC1CC1. The second kappa shape index (κ2) is 8.51. The van der Waals surface area contributed by atoms with Crippen molar-refractivity contribution in [2.45, 2.75) is 69.0 Å². The van der Waals surface area contributed by atoms with Crippen molar-refractivity contribution in [3.8, 4) is 0 Å². The number of hydrogen-bond acceptors (Lipinski definition) is 5. The van der Waals surface area contributed by atoms with E-state index in [1.165, 1.54) is 50.6 Å². The maximum absolute atomic E-state index is 6.40. The van der Waals surface area contributed by atoms with Crippen LogP contribution in [0.4, 0.5) is 0 Å². The topological polar surface area (TPSA) is 45.0 Å². The van der Waals surface area contributed by atoms with Crippen LogP contribution in [-0.4, -0.2) is 73.0 Å². The minimum absolute atomic E-state index is 0.128. The van der Waals surface area contributed by atoms with Crippen molar-refractivity contribution in [2.75, 3.05) is 47.2 Å². The van der Waals surface area contributed by atoms with Crippen LogP contribution in [0.1, 0.15) is 57.9 Å². The lowest BCUT2D eigenvalue weighted by Gasteiger charge is -2.54. The molecule has 0 aromatic heterocycles. The third-order valence-electron chi connectivity index (χ3n) is 7.69. The highest BCUT2D eigenvalue weighted by Crippen LogP contribution is 2.48. The van der Waals surface area contributed by atoms with Gasteiger partial charge in [0.05, 0.1) is 0 Å². The summed E-state index contributed by atoms with van der Waals surface area (Å²) in [5, 5.41) is 0. The summed E-state index contributed by atoms with van der Waals surface area (Å²) in [6.07, 6.45) is 7.56. The van der Waals surface area contributed by atoms with Gasteiger partial charge in [-0.05, 0) is 77.9 Å². The third-order valence-corrected chi connectivity index (χ3v) is 7.69. The van der Waals surface area contributed by atoms with Crippen LogP contribution in [0.3, 0.4) is 0 Å². The molecule has 1 aliphatic heterocycles. The highest BCUT2D eigenvalue weighted by atomic mass is 16.5. The Morgan fingerprint density at radius 3 is 2.30 bits per heavy atom. The molecular formula is C25H42N4O. The zero-order valence-electron chi connectivity index (χ0n) is 19.6. The first kappa shape index (κ1) is 22.2. The molecule has 4 rings (SSSR count). The number of rotatable bonds is 6. The Kier molecular flexibility index (Phi) is 6.31. The van der Waals surface area contributed by atoms with Gasteiger partial charge < -0.3 is 10.5 Å². The van der Waals surface area contributed by atoms with Gasteiger partial charge in [-0.1, -0.05) is 30.3 Å². The molecule has 1 aromatic carbocycles. The van der Waals surface area contributed by atoms with Gasteiger partial charge in [-0.2, -0.15) is 0 Å². The van der Waals surface area contributed by atoms with E-state index < -0.39 is 0 Å². The Bertz CT molecular complexity index is 687. The summed E-state index contributed by atoms with van der Waals surface area (Å²) in [6, 6.07) is 11.1. The number of nitrogens with zero attached hydrogens (tertiary/aromatic N) is 3. The molecule has 0 bridgehead atoms. The van der Waals surface area contributed by atoms with Crippen LogP contribution in [0.15, 0.2) is 30.3 Å². The molecule has 1 heterocycles. The van der Waals surface area contributed by atoms with E-state index in [0.29, 0.717) is 6.73 Å². The van der Waals surface area contributed by atoms with Gasteiger partial charge in [-0.25, -0.2) is 0 Å². The molecule has 0 unspecified atom stereocenters. The molecule has 0 amide bonds. The molecule has 2 N–H and O–H groups in total. The van der Waals surface area contributed by atoms with Gasteiger partial charge in [0.1, 0.15) is 13.5 Å². The van der Waals surface area contributed by atoms with Crippen LogP contribution in [0.2, 0.25) is 0 Å². The summed E-state index contributed by atoms with van der Waals surface area (Å²) in [5.41, 5.74) is 7.98. The second-order valence-corrected chi connectivity index (χ2v) is 11.1. The fraction of sp³-hybridized carbons (Fsp3) is 0.760. The van der Waals surface area contributed by atoms with Gasteiger partial charge in [-0.15, -0.1) is 0 Å². The lowest BCUT2D eigenvalue weighted by molar-refractivity contribution is -0.0504. The lowest BCUT2D eigenvalue weighted by atomic mass is 9.67. The first-order valence-corrected chi connectivity index (χ1v) is 11.8. The van der Waals surface area contributed by atoms with Gasteiger partial charge >= 0.3 is 0 Å². The average Bonchev–Trinajstić information content (AvgIpc) is 3.52. The number of hydrogen-bond donors (Lipinski definition) is 1. The maximum Gasteiger partial charge on any atom is 0.101 e. The second-order valence-electron chi connectivity index (χ2n) is 11.1. The van der Waals surface area contributed by atoms with Crippen molar-refractivity contribution >= 4 is 0 Å². The van der Waals surface area contributed by atoms with E-state index in [4.69, 9.17) is 10.5 Å². The summed E-state index contributed by atoms with van der Waals surface area (Å²) in [7, 11) is 4.51. The van der Waals surface area contributed by atoms with Gasteiger partial charge in [-0.3, -0.25) is 14.7 Å². The first-order chi connectivity index (χ1) is 14.2. The van der Waals surface area contributed by atoms with Gasteiger partial charge in [0.25, 0.3) is 0 Å². The molecule has 5 nitrogen and oxygen atoms in total. The number of benzene rings is 1. The van der Waals surface area contributed by atoms with Crippen molar-refractivity contribution < 1.29 is 4.74 Å². The van der Waals surface area contributed by atoms with Gasteiger partial charge in [0.15, 0.2) is 0 Å². The van der Waals surface area contributed by atoms with E-state index in [1.54, 1.807) is 0 Å². The molecule has 0 radical (unpaired) electrons. The quantitative estimate of drug-likeness (QED) is 0.772. The van der Waals surface area contributed by atoms with Crippen molar-refractivity contribution in [3.05, 3.63) is 35.9 Å². The van der Waals surface area contributed by atoms with Crippen LogP contribution in [0, 0.1) is 5.92 Å². The number of ether oxygens (including phenoxy) is 1. The highest BCUT2D eigenvalue weighted by molar-refractivity contribution is 5.26. The van der Waals surface area contributed by atoms with E-state index in [-0.39, 0.29) is 16.6 Å². The Morgan fingerprint density at radius 1 is 1.07 bits per heavy atom. The minimum atomic E-state index is -0.206. The van der Waals surface area contributed by atoms with Gasteiger partial charge in [0, 0.05) is 36.3 Å². The highest BCUT2D eigenvalue weighted by Gasteiger charge is 2.50. The van der Waals surface area contributed by atoms with E-state index >= 15 is 0 Å². The summed E-state index contributed by atoms with van der Waals surface area (Å²) in [4.78, 5) is 7.64. The molecule has 3 fully saturated rings. The van der Waals surface area contributed by atoms with Crippen molar-refractivity contribution in [3.63, 3.8) is 0 Å². The van der Waals surface area contributed by atoms with E-state index in [0.717, 1.165) is 25.7 Å². The van der Waals surface area contributed by atoms with Crippen LogP contribution in [-0.2, 0) is 10.3 Å². The maximum atomic E-state index is 6.40. The molecule has 1 aromatic rings. The van der Waals surface area contributed by atoms with Crippen LogP contribution < -0.4 is 5.73 Å². The zero-order valence-corrected chi connectivity index (χ0v) is 19.6. The summed E-state index contributed by atoms with van der Waals surface area (Å²) < 4.78 is 6.19. The van der Waals surface area contributed by atoms with Crippen LogP contribution >= 0.6 is 0 Å². The van der Waals surface area contributed by atoms with Gasteiger partial charge in [0.2, 0.25) is 0 Å². The minimum Gasteiger partial charge on any atom is -0.351 e. The summed E-state index contributed by atoms with van der Waals surface area (Å²) >= 11 is 0. The summed E-state index contributed by atoms with van der Waals surface area (Å²) in [5.74, 6) is 0.873. The van der Waals surface area contributed by atoms with E-state index in [9.17, 15) is 0 Å². The van der Waals surface area contributed by atoms with Crippen molar-refractivity contribution in [1.29, 1.82) is 0 Å². The van der Waals surface area contributed by atoms with E-state index in [2.05, 4.69) is 73.0 Å². The third kappa shape index (κ3) is 4.76. The predicted octanol–water partition coefficient (Wildman–Crippen LogP) is 3.45. The predicted molar refractivity (Wildman–Crippen MR) is 123 cm³/mol. The molecule has 1 saturated heterocycles. The molecule has 1 spiro atoms. The molecule has 0 atom stereocenters.